The zero-order valence-electron chi connectivity index (χ0n) is 11.1. The van der Waals surface area contributed by atoms with Gasteiger partial charge in [0.15, 0.2) is 5.82 Å². The molecule has 21 heavy (non-hydrogen) atoms. The van der Waals surface area contributed by atoms with Crippen LogP contribution in [-0.4, -0.2) is 29.1 Å². The minimum absolute atomic E-state index is 0.0928. The Balaban J connectivity index is 1.65. The van der Waals surface area contributed by atoms with Gasteiger partial charge < -0.3 is 9.26 Å². The molecule has 1 fully saturated rings. The number of halogens is 1. The van der Waals surface area contributed by atoms with Crippen molar-refractivity contribution in [3.05, 3.63) is 41.0 Å². The van der Waals surface area contributed by atoms with Crippen molar-refractivity contribution in [2.24, 2.45) is 0 Å². The topological polar surface area (TPSA) is 65.2 Å². The van der Waals surface area contributed by atoms with Gasteiger partial charge in [0, 0.05) is 11.3 Å². The molecule has 0 bridgehead atoms. The normalized spacial score (nSPS) is 18.9. The molecule has 1 saturated heterocycles. The second-order valence-corrected chi connectivity index (χ2v) is 6.04. The Hall–Kier alpha value is -1.37. The van der Waals surface area contributed by atoms with E-state index in [0.717, 1.165) is 4.90 Å². The van der Waals surface area contributed by atoms with Gasteiger partial charge >= 0.3 is 0 Å². The number of hydrogen-bond donors (Lipinski definition) is 0. The Kier molecular flexibility index (Phi) is 4.57. The fourth-order valence-corrected chi connectivity index (χ4v) is 3.10. The molecule has 2 heterocycles. The van der Waals surface area contributed by atoms with Gasteiger partial charge in [-0.2, -0.15) is 4.98 Å². The first-order chi connectivity index (χ1) is 10.2. The number of benzene rings is 1. The first kappa shape index (κ1) is 14.6. The van der Waals surface area contributed by atoms with Gasteiger partial charge in [-0.15, -0.1) is 11.8 Å². The number of rotatable bonds is 4. The SMILES string of the molecule is O=C1CCOCC1c1nc(CSc2ccccc2Cl)no1. The molecule has 1 aliphatic rings. The van der Waals surface area contributed by atoms with Crippen molar-refractivity contribution in [1.29, 1.82) is 0 Å². The lowest BCUT2D eigenvalue weighted by atomic mass is 10.0. The summed E-state index contributed by atoms with van der Waals surface area (Å²) >= 11 is 7.62. The Bertz CT molecular complexity index is 647. The maximum Gasteiger partial charge on any atom is 0.239 e. The third-order valence-electron chi connectivity index (χ3n) is 3.14. The van der Waals surface area contributed by atoms with Crippen molar-refractivity contribution in [1.82, 2.24) is 10.1 Å². The quantitative estimate of drug-likeness (QED) is 0.805. The van der Waals surface area contributed by atoms with E-state index in [4.69, 9.17) is 20.9 Å². The predicted octanol–water partition coefficient (Wildman–Crippen LogP) is 3.09. The van der Waals surface area contributed by atoms with E-state index in [1.807, 2.05) is 24.3 Å². The van der Waals surface area contributed by atoms with Crippen LogP contribution in [0.15, 0.2) is 33.7 Å². The van der Waals surface area contributed by atoms with E-state index in [0.29, 0.717) is 42.1 Å². The highest BCUT2D eigenvalue weighted by atomic mass is 35.5. The number of hydrogen-bond acceptors (Lipinski definition) is 6. The highest BCUT2D eigenvalue weighted by Gasteiger charge is 2.29. The smallest absolute Gasteiger partial charge is 0.239 e. The summed E-state index contributed by atoms with van der Waals surface area (Å²) in [7, 11) is 0. The molecule has 0 amide bonds. The number of carbonyl (C=O) groups is 1. The van der Waals surface area contributed by atoms with Crippen LogP contribution in [0.25, 0.3) is 0 Å². The summed E-state index contributed by atoms with van der Waals surface area (Å²) in [5, 5.41) is 4.61. The lowest BCUT2D eigenvalue weighted by molar-refractivity contribution is -0.127. The van der Waals surface area contributed by atoms with Crippen LogP contribution >= 0.6 is 23.4 Å². The zero-order chi connectivity index (χ0) is 14.7. The number of aromatic nitrogens is 2. The number of ether oxygens (including phenoxy) is 1. The number of thioether (sulfide) groups is 1. The fourth-order valence-electron chi connectivity index (χ4n) is 2.02. The van der Waals surface area contributed by atoms with Crippen molar-refractivity contribution in [2.75, 3.05) is 13.2 Å². The minimum Gasteiger partial charge on any atom is -0.380 e. The van der Waals surface area contributed by atoms with Gasteiger partial charge in [-0.1, -0.05) is 28.9 Å². The van der Waals surface area contributed by atoms with Crippen LogP contribution in [0.2, 0.25) is 5.02 Å². The van der Waals surface area contributed by atoms with Gasteiger partial charge in [0.05, 0.1) is 24.0 Å². The summed E-state index contributed by atoms with van der Waals surface area (Å²) in [5.74, 6) is 1.10. The van der Waals surface area contributed by atoms with Gasteiger partial charge in [0.1, 0.15) is 11.7 Å². The summed E-state index contributed by atoms with van der Waals surface area (Å²) in [4.78, 5) is 17.0. The van der Waals surface area contributed by atoms with Crippen LogP contribution in [-0.2, 0) is 15.3 Å². The molecular weight excluding hydrogens is 312 g/mol. The van der Waals surface area contributed by atoms with Gasteiger partial charge in [0.25, 0.3) is 0 Å². The third kappa shape index (κ3) is 3.45. The Morgan fingerprint density at radius 2 is 2.24 bits per heavy atom. The van der Waals surface area contributed by atoms with Crippen LogP contribution in [0, 0.1) is 0 Å². The molecule has 1 aliphatic heterocycles. The second kappa shape index (κ2) is 6.60. The molecule has 0 spiro atoms. The molecule has 7 heteroatoms. The van der Waals surface area contributed by atoms with Crippen molar-refractivity contribution >= 4 is 29.1 Å². The fraction of sp³-hybridized carbons (Fsp3) is 0.357. The average Bonchev–Trinajstić information content (AvgIpc) is 2.96. The van der Waals surface area contributed by atoms with E-state index in [1.165, 1.54) is 11.8 Å². The number of Topliss-reactive ketones (excluding diaryl/α,β-unsaturated/α-hetero) is 1. The molecule has 1 aromatic heterocycles. The number of nitrogens with zero attached hydrogens (tertiary/aromatic N) is 2. The Labute approximate surface area is 131 Å². The van der Waals surface area contributed by atoms with E-state index < -0.39 is 5.92 Å². The molecule has 5 nitrogen and oxygen atoms in total. The van der Waals surface area contributed by atoms with Crippen molar-refractivity contribution < 1.29 is 14.1 Å². The van der Waals surface area contributed by atoms with Gasteiger partial charge in [0.2, 0.25) is 5.89 Å². The summed E-state index contributed by atoms with van der Waals surface area (Å²) < 4.78 is 10.5. The van der Waals surface area contributed by atoms with E-state index in [-0.39, 0.29) is 5.78 Å². The summed E-state index contributed by atoms with van der Waals surface area (Å²) in [6.45, 7) is 0.789. The highest BCUT2D eigenvalue weighted by molar-refractivity contribution is 7.98. The second-order valence-electron chi connectivity index (χ2n) is 4.61. The van der Waals surface area contributed by atoms with Crippen molar-refractivity contribution in [3.63, 3.8) is 0 Å². The zero-order valence-corrected chi connectivity index (χ0v) is 12.7. The first-order valence-corrected chi connectivity index (χ1v) is 7.90. The van der Waals surface area contributed by atoms with E-state index in [2.05, 4.69) is 10.1 Å². The molecule has 0 aliphatic carbocycles. The predicted molar refractivity (Wildman–Crippen MR) is 78.5 cm³/mol. The Morgan fingerprint density at radius 3 is 3.05 bits per heavy atom. The van der Waals surface area contributed by atoms with E-state index in [9.17, 15) is 4.79 Å². The molecule has 1 aromatic carbocycles. The molecule has 2 aromatic rings. The number of carbonyl (C=O) groups excluding carboxylic acids is 1. The Morgan fingerprint density at radius 1 is 1.38 bits per heavy atom. The lowest BCUT2D eigenvalue weighted by Crippen LogP contribution is -2.25. The van der Waals surface area contributed by atoms with Gasteiger partial charge in [-0.05, 0) is 12.1 Å². The summed E-state index contributed by atoms with van der Waals surface area (Å²) in [6.07, 6.45) is 0.400. The molecule has 0 N–H and O–H groups in total. The van der Waals surface area contributed by atoms with Crippen molar-refractivity contribution in [2.45, 2.75) is 23.0 Å². The van der Waals surface area contributed by atoms with E-state index in [1.54, 1.807) is 0 Å². The van der Waals surface area contributed by atoms with Gasteiger partial charge in [-0.25, -0.2) is 0 Å². The average molecular weight is 325 g/mol. The highest BCUT2D eigenvalue weighted by Crippen LogP contribution is 2.29. The third-order valence-corrected chi connectivity index (χ3v) is 4.65. The molecule has 1 unspecified atom stereocenters. The molecule has 0 saturated carbocycles. The summed E-state index contributed by atoms with van der Waals surface area (Å²) in [5.41, 5.74) is 0. The molecule has 1 atom stereocenters. The maximum atomic E-state index is 11.8. The molecule has 3 rings (SSSR count). The van der Waals surface area contributed by atoms with Gasteiger partial charge in [-0.3, -0.25) is 4.79 Å². The van der Waals surface area contributed by atoms with Crippen LogP contribution in [0.5, 0.6) is 0 Å². The molecular formula is C14H13ClN2O3S. The number of ketones is 1. The lowest BCUT2D eigenvalue weighted by Gasteiger charge is -2.16. The van der Waals surface area contributed by atoms with E-state index >= 15 is 0 Å². The van der Waals surface area contributed by atoms with Crippen LogP contribution in [0.1, 0.15) is 24.1 Å². The van der Waals surface area contributed by atoms with Crippen LogP contribution < -0.4 is 0 Å². The first-order valence-electron chi connectivity index (χ1n) is 6.54. The molecule has 110 valence electrons. The maximum absolute atomic E-state index is 11.8. The summed E-state index contributed by atoms with van der Waals surface area (Å²) in [6, 6.07) is 7.58. The largest absolute Gasteiger partial charge is 0.380 e. The monoisotopic (exact) mass is 324 g/mol. The molecule has 0 radical (unpaired) electrons. The van der Waals surface area contributed by atoms with Crippen LogP contribution in [0.3, 0.4) is 0 Å². The minimum atomic E-state index is -0.426. The van der Waals surface area contributed by atoms with Crippen LogP contribution in [0.4, 0.5) is 0 Å². The van der Waals surface area contributed by atoms with Crippen molar-refractivity contribution in [3.8, 4) is 0 Å². The standard InChI is InChI=1S/C14H13ClN2O3S/c15-10-3-1-2-4-12(10)21-8-13-16-14(20-17-13)9-7-19-6-5-11(9)18/h1-4,9H,5-8H2.